The summed E-state index contributed by atoms with van der Waals surface area (Å²) in [5.74, 6) is 0.320. The summed E-state index contributed by atoms with van der Waals surface area (Å²) in [5.41, 5.74) is 2.30. The average Bonchev–Trinajstić information content (AvgIpc) is 2.69. The van der Waals surface area contributed by atoms with Crippen molar-refractivity contribution in [2.24, 2.45) is 0 Å². The van der Waals surface area contributed by atoms with Crippen molar-refractivity contribution in [3.05, 3.63) is 87.1 Å². The topological polar surface area (TPSA) is 95.0 Å². The van der Waals surface area contributed by atoms with Crippen LogP contribution >= 0.6 is 0 Å². The molecule has 1 aromatic heterocycles. The van der Waals surface area contributed by atoms with E-state index in [2.05, 4.69) is 10.3 Å². The number of amides is 1. The molecule has 7 heteroatoms. The van der Waals surface area contributed by atoms with Gasteiger partial charge in [-0.05, 0) is 67.8 Å². The quantitative estimate of drug-likeness (QED) is 0.637. The standard InChI is InChI=1S/C23H20FN3O3/c1-14-20(15(2)26-23(29)21(14)13-25)10-11-22(28)27-17-6-8-18(9-7-17)30-19-5-3-4-16(24)12-19/h3-9,12H,10-11H2,1-2H3,(H,26,29)(H,27,28). The molecule has 0 bridgehead atoms. The number of H-pyrrole nitrogens is 1. The first-order chi connectivity index (χ1) is 14.4. The summed E-state index contributed by atoms with van der Waals surface area (Å²) in [4.78, 5) is 26.8. The molecule has 0 aliphatic rings. The van der Waals surface area contributed by atoms with Crippen molar-refractivity contribution in [1.82, 2.24) is 4.98 Å². The second-order valence-corrected chi connectivity index (χ2v) is 6.80. The number of carbonyl (C=O) groups excluding carboxylic acids is 1. The molecular formula is C23H20FN3O3. The van der Waals surface area contributed by atoms with Crippen molar-refractivity contribution in [3.63, 3.8) is 0 Å². The van der Waals surface area contributed by atoms with Crippen molar-refractivity contribution >= 4 is 11.6 Å². The van der Waals surface area contributed by atoms with Crippen molar-refractivity contribution < 1.29 is 13.9 Å². The third kappa shape index (κ3) is 4.92. The van der Waals surface area contributed by atoms with Crippen LogP contribution in [-0.4, -0.2) is 10.9 Å². The largest absolute Gasteiger partial charge is 0.457 e. The number of ether oxygens (including phenoxy) is 1. The minimum atomic E-state index is -0.416. The van der Waals surface area contributed by atoms with Crippen LogP contribution in [-0.2, 0) is 11.2 Å². The molecule has 0 radical (unpaired) electrons. The predicted octanol–water partition coefficient (Wildman–Crippen LogP) is 4.37. The summed E-state index contributed by atoms with van der Waals surface area (Å²) in [5, 5.41) is 11.9. The van der Waals surface area contributed by atoms with E-state index in [-0.39, 0.29) is 23.7 Å². The van der Waals surface area contributed by atoms with Crippen LogP contribution < -0.4 is 15.6 Å². The van der Waals surface area contributed by atoms with Crippen molar-refractivity contribution in [3.8, 4) is 17.6 Å². The minimum absolute atomic E-state index is 0.0740. The number of carbonyl (C=O) groups is 1. The Hall–Kier alpha value is -3.92. The molecule has 0 unspecified atom stereocenters. The second-order valence-electron chi connectivity index (χ2n) is 6.80. The zero-order chi connectivity index (χ0) is 21.7. The first-order valence-corrected chi connectivity index (χ1v) is 9.33. The Morgan fingerprint density at radius 3 is 2.57 bits per heavy atom. The summed E-state index contributed by atoms with van der Waals surface area (Å²) >= 11 is 0. The Kier molecular flexibility index (Phi) is 6.28. The third-order valence-electron chi connectivity index (χ3n) is 4.69. The molecule has 0 atom stereocenters. The van der Waals surface area contributed by atoms with Gasteiger partial charge in [-0.3, -0.25) is 9.59 Å². The van der Waals surface area contributed by atoms with E-state index in [1.807, 2.05) is 6.07 Å². The monoisotopic (exact) mass is 405 g/mol. The highest BCUT2D eigenvalue weighted by molar-refractivity contribution is 5.90. The highest BCUT2D eigenvalue weighted by Crippen LogP contribution is 2.23. The Morgan fingerprint density at radius 2 is 1.90 bits per heavy atom. The van der Waals surface area contributed by atoms with Gasteiger partial charge >= 0.3 is 0 Å². The summed E-state index contributed by atoms with van der Waals surface area (Å²) in [6.45, 7) is 3.46. The fourth-order valence-corrected chi connectivity index (χ4v) is 3.16. The van der Waals surface area contributed by atoms with Crippen LogP contribution in [0.15, 0.2) is 53.3 Å². The Bertz CT molecular complexity index is 1180. The van der Waals surface area contributed by atoms with E-state index in [9.17, 15) is 14.0 Å². The number of benzene rings is 2. The number of aromatic amines is 1. The normalized spacial score (nSPS) is 10.3. The van der Waals surface area contributed by atoms with E-state index in [4.69, 9.17) is 10.00 Å². The maximum atomic E-state index is 13.2. The van der Waals surface area contributed by atoms with E-state index in [1.165, 1.54) is 12.1 Å². The lowest BCUT2D eigenvalue weighted by Gasteiger charge is -2.11. The fraction of sp³-hybridized carbons (Fsp3) is 0.174. The van der Waals surface area contributed by atoms with Crippen LogP contribution in [0.3, 0.4) is 0 Å². The van der Waals surface area contributed by atoms with Gasteiger partial charge in [-0.25, -0.2) is 4.39 Å². The van der Waals surface area contributed by atoms with Crippen molar-refractivity contribution in [2.45, 2.75) is 26.7 Å². The van der Waals surface area contributed by atoms with E-state index in [1.54, 1.807) is 50.2 Å². The lowest BCUT2D eigenvalue weighted by Crippen LogP contribution is -2.18. The third-order valence-corrected chi connectivity index (χ3v) is 4.69. The van der Waals surface area contributed by atoms with Gasteiger partial charge in [-0.15, -0.1) is 0 Å². The number of nitriles is 1. The van der Waals surface area contributed by atoms with Gasteiger partial charge in [-0.2, -0.15) is 5.26 Å². The van der Waals surface area contributed by atoms with Crippen LogP contribution in [0, 0.1) is 31.0 Å². The molecule has 2 N–H and O–H groups in total. The first-order valence-electron chi connectivity index (χ1n) is 9.33. The molecule has 6 nitrogen and oxygen atoms in total. The number of pyridine rings is 1. The SMILES string of the molecule is Cc1[nH]c(=O)c(C#N)c(C)c1CCC(=O)Nc1ccc(Oc2cccc(F)c2)cc1. The highest BCUT2D eigenvalue weighted by atomic mass is 19.1. The molecule has 0 spiro atoms. The van der Waals surface area contributed by atoms with Crippen LogP contribution in [0.25, 0.3) is 0 Å². The molecular weight excluding hydrogens is 385 g/mol. The van der Waals surface area contributed by atoms with Crippen molar-refractivity contribution in [1.29, 1.82) is 5.26 Å². The highest BCUT2D eigenvalue weighted by Gasteiger charge is 2.13. The van der Waals surface area contributed by atoms with Crippen LogP contribution in [0.5, 0.6) is 11.5 Å². The van der Waals surface area contributed by atoms with Gasteiger partial charge in [0.2, 0.25) is 5.91 Å². The lowest BCUT2D eigenvalue weighted by atomic mass is 9.99. The number of nitrogens with one attached hydrogen (secondary N) is 2. The summed E-state index contributed by atoms with van der Waals surface area (Å²) in [7, 11) is 0. The van der Waals surface area contributed by atoms with Crippen LogP contribution in [0.1, 0.15) is 28.8 Å². The van der Waals surface area contributed by atoms with E-state index >= 15 is 0 Å². The molecule has 0 saturated carbocycles. The molecule has 152 valence electrons. The number of halogens is 1. The number of aryl methyl sites for hydroxylation is 1. The number of anilines is 1. The summed E-state index contributed by atoms with van der Waals surface area (Å²) < 4.78 is 18.8. The molecule has 3 aromatic rings. The number of nitrogens with zero attached hydrogens (tertiary/aromatic N) is 1. The molecule has 0 aliphatic carbocycles. The van der Waals surface area contributed by atoms with E-state index in [0.717, 1.165) is 5.56 Å². The first kappa shape index (κ1) is 20.8. The molecule has 0 aliphatic heterocycles. The van der Waals surface area contributed by atoms with Gasteiger partial charge in [0, 0.05) is 23.9 Å². The van der Waals surface area contributed by atoms with Gasteiger partial charge < -0.3 is 15.0 Å². The maximum Gasteiger partial charge on any atom is 0.266 e. The van der Waals surface area contributed by atoms with Crippen LogP contribution in [0.2, 0.25) is 0 Å². The molecule has 2 aromatic carbocycles. The maximum absolute atomic E-state index is 13.2. The van der Waals surface area contributed by atoms with Crippen LogP contribution in [0.4, 0.5) is 10.1 Å². The van der Waals surface area contributed by atoms with Gasteiger partial charge in [0.05, 0.1) is 0 Å². The smallest absolute Gasteiger partial charge is 0.266 e. The number of hydrogen-bond acceptors (Lipinski definition) is 4. The Morgan fingerprint density at radius 1 is 1.17 bits per heavy atom. The predicted molar refractivity (Wildman–Crippen MR) is 111 cm³/mol. The number of hydrogen-bond donors (Lipinski definition) is 2. The summed E-state index contributed by atoms with van der Waals surface area (Å²) in [6, 6.07) is 14.5. The molecule has 1 heterocycles. The van der Waals surface area contributed by atoms with Gasteiger partial charge in [0.1, 0.15) is 28.9 Å². The molecule has 1 amide bonds. The summed E-state index contributed by atoms with van der Waals surface area (Å²) in [6.07, 6.45) is 0.593. The van der Waals surface area contributed by atoms with Gasteiger partial charge in [0.25, 0.3) is 5.56 Å². The molecule has 30 heavy (non-hydrogen) atoms. The Balaban J connectivity index is 1.61. The second kappa shape index (κ2) is 9.05. The van der Waals surface area contributed by atoms with Gasteiger partial charge in [0.15, 0.2) is 0 Å². The zero-order valence-corrected chi connectivity index (χ0v) is 16.6. The average molecular weight is 405 g/mol. The fourth-order valence-electron chi connectivity index (χ4n) is 3.16. The Labute approximate surface area is 172 Å². The van der Waals surface area contributed by atoms with E-state index in [0.29, 0.717) is 34.9 Å². The molecule has 3 rings (SSSR count). The number of rotatable bonds is 6. The van der Waals surface area contributed by atoms with E-state index < -0.39 is 5.56 Å². The molecule has 0 fully saturated rings. The van der Waals surface area contributed by atoms with Gasteiger partial charge in [-0.1, -0.05) is 6.07 Å². The number of aromatic nitrogens is 1. The minimum Gasteiger partial charge on any atom is -0.457 e. The lowest BCUT2D eigenvalue weighted by molar-refractivity contribution is -0.116. The molecule has 0 saturated heterocycles. The zero-order valence-electron chi connectivity index (χ0n) is 16.6. The van der Waals surface area contributed by atoms with Crippen molar-refractivity contribution in [2.75, 3.05) is 5.32 Å².